The van der Waals surface area contributed by atoms with Crippen molar-refractivity contribution < 1.29 is 28.3 Å². The van der Waals surface area contributed by atoms with Crippen molar-refractivity contribution in [1.82, 2.24) is 15.2 Å². The van der Waals surface area contributed by atoms with Crippen molar-refractivity contribution in [2.45, 2.75) is 12.8 Å². The molecule has 0 bridgehead atoms. The Morgan fingerprint density at radius 3 is 2.58 bits per heavy atom. The van der Waals surface area contributed by atoms with E-state index in [1.807, 2.05) is 6.07 Å². The third-order valence-corrected chi connectivity index (χ3v) is 6.62. The summed E-state index contributed by atoms with van der Waals surface area (Å²) in [6, 6.07) is 9.99. The van der Waals surface area contributed by atoms with Crippen molar-refractivity contribution in [2.75, 3.05) is 57.1 Å². The van der Waals surface area contributed by atoms with Crippen LogP contribution in [0.2, 0.25) is 0 Å². The van der Waals surface area contributed by atoms with E-state index in [1.54, 1.807) is 30.3 Å². The molecule has 0 atom stereocenters. The number of methoxy groups -OCH3 is 1. The number of hydrogen-bond donors (Lipinski definition) is 2. The highest BCUT2D eigenvalue weighted by Gasteiger charge is 2.28. The first kappa shape index (κ1) is 25.3. The van der Waals surface area contributed by atoms with Gasteiger partial charge in [0.15, 0.2) is 0 Å². The zero-order chi connectivity index (χ0) is 26.6. The van der Waals surface area contributed by atoms with Gasteiger partial charge in [-0.1, -0.05) is 0 Å². The average Bonchev–Trinajstić information content (AvgIpc) is 3.28. The Kier molecular flexibility index (Phi) is 7.27. The molecule has 0 spiro atoms. The number of piperazine rings is 1. The molecule has 4 heterocycles. The predicted molar refractivity (Wildman–Crippen MR) is 139 cm³/mol. The first-order valence-corrected chi connectivity index (χ1v) is 12.4. The van der Waals surface area contributed by atoms with Crippen LogP contribution in [0.1, 0.15) is 43.3 Å². The van der Waals surface area contributed by atoms with Gasteiger partial charge in [0.25, 0.3) is 11.8 Å². The second kappa shape index (κ2) is 10.9. The Balaban J connectivity index is 1.44. The minimum Gasteiger partial charge on any atom is -0.468 e. The number of carbonyl (C=O) groups excluding carboxylic acids is 3. The van der Waals surface area contributed by atoms with E-state index in [0.29, 0.717) is 41.5 Å². The van der Waals surface area contributed by atoms with Crippen molar-refractivity contribution >= 4 is 29.3 Å². The molecule has 1 saturated heterocycles. The van der Waals surface area contributed by atoms with E-state index in [0.717, 1.165) is 32.6 Å². The Hall–Kier alpha value is -4.38. The fourth-order valence-electron chi connectivity index (χ4n) is 4.43. The predicted octanol–water partition coefficient (Wildman–Crippen LogP) is 2.93. The molecule has 2 N–H and O–H groups in total. The summed E-state index contributed by atoms with van der Waals surface area (Å²) in [6.45, 7) is 3.93. The highest BCUT2D eigenvalue weighted by atomic mass is 16.5. The number of amides is 2. The molecule has 11 nitrogen and oxygen atoms in total. The smallest absolute Gasteiger partial charge is 0.337 e. The van der Waals surface area contributed by atoms with E-state index < -0.39 is 11.9 Å². The molecule has 0 radical (unpaired) electrons. The third-order valence-electron chi connectivity index (χ3n) is 6.62. The molecular formula is C27H29N5O6. The number of hydrogen-bond acceptors (Lipinski definition) is 9. The Labute approximate surface area is 219 Å². The number of benzene rings is 1. The summed E-state index contributed by atoms with van der Waals surface area (Å²) >= 11 is 0. The van der Waals surface area contributed by atoms with Crippen molar-refractivity contribution in [3.05, 3.63) is 65.1 Å². The number of rotatable bonds is 6. The zero-order valence-electron chi connectivity index (χ0n) is 21.3. The second-order valence-electron chi connectivity index (χ2n) is 9.19. The average molecular weight is 520 g/mol. The van der Waals surface area contributed by atoms with Crippen LogP contribution in [0.15, 0.2) is 47.1 Å². The van der Waals surface area contributed by atoms with Gasteiger partial charge in [-0.25, -0.2) is 4.79 Å². The van der Waals surface area contributed by atoms with E-state index in [2.05, 4.69) is 27.5 Å². The molecule has 2 aromatic heterocycles. The molecular weight excluding hydrogens is 490 g/mol. The normalized spacial score (nSPS) is 15.7. The number of anilines is 2. The number of aromatic nitrogens is 1. The maximum absolute atomic E-state index is 13.3. The van der Waals surface area contributed by atoms with Crippen molar-refractivity contribution in [3.63, 3.8) is 0 Å². The van der Waals surface area contributed by atoms with Crippen molar-refractivity contribution in [3.8, 4) is 11.6 Å². The van der Waals surface area contributed by atoms with Gasteiger partial charge < -0.3 is 34.3 Å². The Morgan fingerprint density at radius 1 is 1.08 bits per heavy atom. The lowest BCUT2D eigenvalue weighted by Crippen LogP contribution is -2.44. The van der Waals surface area contributed by atoms with E-state index in [-0.39, 0.29) is 22.9 Å². The monoisotopic (exact) mass is 519 g/mol. The molecule has 2 aliphatic heterocycles. The lowest BCUT2D eigenvalue weighted by Gasteiger charge is -2.33. The number of nitrogens with one attached hydrogen (secondary N) is 2. The minimum atomic E-state index is -0.507. The van der Waals surface area contributed by atoms with Crippen LogP contribution in [0.25, 0.3) is 0 Å². The van der Waals surface area contributed by atoms with E-state index >= 15 is 0 Å². The minimum absolute atomic E-state index is 0.149. The van der Waals surface area contributed by atoms with Crippen LogP contribution in [0.3, 0.4) is 0 Å². The third kappa shape index (κ3) is 5.32. The van der Waals surface area contributed by atoms with Gasteiger partial charge in [-0.3, -0.25) is 9.59 Å². The highest BCUT2D eigenvalue weighted by Crippen LogP contribution is 2.32. The van der Waals surface area contributed by atoms with Gasteiger partial charge in [0.1, 0.15) is 29.3 Å². The molecule has 0 saturated carbocycles. The number of aryl methyl sites for hydroxylation is 1. The van der Waals surface area contributed by atoms with E-state index in [1.165, 1.54) is 13.4 Å². The molecule has 11 heteroatoms. The lowest BCUT2D eigenvalue weighted by molar-refractivity contribution is 0.0600. The van der Waals surface area contributed by atoms with Gasteiger partial charge in [0.05, 0.1) is 23.8 Å². The quantitative estimate of drug-likeness (QED) is 0.473. The van der Waals surface area contributed by atoms with Crippen LogP contribution >= 0.6 is 0 Å². The molecule has 1 fully saturated rings. The molecule has 0 unspecified atom stereocenters. The van der Waals surface area contributed by atoms with Crippen LogP contribution in [0, 0.1) is 0 Å². The molecule has 38 heavy (non-hydrogen) atoms. The van der Waals surface area contributed by atoms with Gasteiger partial charge >= 0.3 is 5.97 Å². The summed E-state index contributed by atoms with van der Waals surface area (Å²) < 4.78 is 16.4. The van der Waals surface area contributed by atoms with Gasteiger partial charge in [0.2, 0.25) is 5.88 Å². The molecule has 3 aromatic rings. The van der Waals surface area contributed by atoms with Crippen LogP contribution in [-0.2, 0) is 11.2 Å². The van der Waals surface area contributed by atoms with Gasteiger partial charge in [-0.05, 0) is 49.9 Å². The van der Waals surface area contributed by atoms with Crippen LogP contribution < -0.4 is 20.3 Å². The molecule has 1 aromatic carbocycles. The van der Waals surface area contributed by atoms with Crippen molar-refractivity contribution in [1.29, 1.82) is 0 Å². The molecule has 2 amide bonds. The Bertz CT molecular complexity index is 1340. The standard InChI is InChI=1S/C27H29N5O6/c1-31-12-14-32(15-13-31)22-10-9-20(26(30-22)38-18-7-5-17(6-8-18)27(35)36-2)29-24(33)19-16-37-21-4-3-11-28-25(34)23(19)21/h5-10,16H,3-4,11-15H2,1-2H3,(H,28,34)(H,29,33). The fourth-order valence-corrected chi connectivity index (χ4v) is 4.43. The summed E-state index contributed by atoms with van der Waals surface area (Å²) in [5.74, 6) is 0.522. The number of fused-ring (bicyclic) bond motifs is 1. The topological polar surface area (TPSA) is 126 Å². The Morgan fingerprint density at radius 2 is 1.84 bits per heavy atom. The maximum Gasteiger partial charge on any atom is 0.337 e. The number of nitrogens with zero attached hydrogens (tertiary/aromatic N) is 3. The number of pyridine rings is 1. The number of furan rings is 1. The molecule has 198 valence electrons. The van der Waals surface area contributed by atoms with Gasteiger partial charge in [-0.2, -0.15) is 4.98 Å². The summed E-state index contributed by atoms with van der Waals surface area (Å²) in [6.07, 6.45) is 2.61. The van der Waals surface area contributed by atoms with Crippen LogP contribution in [-0.4, -0.2) is 74.5 Å². The highest BCUT2D eigenvalue weighted by molar-refractivity contribution is 6.13. The first-order valence-electron chi connectivity index (χ1n) is 12.4. The second-order valence-corrected chi connectivity index (χ2v) is 9.19. The van der Waals surface area contributed by atoms with Crippen LogP contribution in [0.4, 0.5) is 11.5 Å². The van der Waals surface area contributed by atoms with Crippen molar-refractivity contribution in [2.24, 2.45) is 0 Å². The zero-order valence-corrected chi connectivity index (χ0v) is 21.3. The van der Waals surface area contributed by atoms with E-state index in [9.17, 15) is 14.4 Å². The van der Waals surface area contributed by atoms with E-state index in [4.69, 9.17) is 18.9 Å². The maximum atomic E-state index is 13.3. The molecule has 5 rings (SSSR count). The fraction of sp³-hybridized carbons (Fsp3) is 0.333. The number of esters is 1. The number of carbonyl (C=O) groups is 3. The molecule has 0 aliphatic carbocycles. The number of likely N-dealkylation sites (N-methyl/N-ethyl adjacent to an activating group) is 1. The summed E-state index contributed by atoms with van der Waals surface area (Å²) in [7, 11) is 3.39. The largest absolute Gasteiger partial charge is 0.468 e. The molecule has 2 aliphatic rings. The summed E-state index contributed by atoms with van der Waals surface area (Å²) in [5, 5.41) is 5.63. The van der Waals surface area contributed by atoms with Gasteiger partial charge in [0, 0.05) is 39.1 Å². The van der Waals surface area contributed by atoms with Crippen LogP contribution in [0.5, 0.6) is 11.6 Å². The SMILES string of the molecule is COC(=O)c1ccc(Oc2nc(N3CCN(C)CC3)ccc2NC(=O)c2coc3c2C(=O)NCCC3)cc1. The summed E-state index contributed by atoms with van der Waals surface area (Å²) in [5.41, 5.74) is 1.11. The first-order chi connectivity index (χ1) is 18.4. The summed E-state index contributed by atoms with van der Waals surface area (Å²) in [4.78, 5) is 46.8. The van der Waals surface area contributed by atoms with Gasteiger partial charge in [-0.15, -0.1) is 0 Å². The number of ether oxygens (including phenoxy) is 2. The lowest BCUT2D eigenvalue weighted by atomic mass is 10.1.